The molecule has 0 aliphatic rings. The van der Waals surface area contributed by atoms with Crippen LogP contribution in [-0.2, 0) is 28.8 Å². The summed E-state index contributed by atoms with van der Waals surface area (Å²) in [4.78, 5) is 70.7. The molecule has 0 radical (unpaired) electrons. The molecule has 13 nitrogen and oxygen atoms in total. The van der Waals surface area contributed by atoms with Gasteiger partial charge < -0.3 is 38.3 Å². The highest BCUT2D eigenvalue weighted by molar-refractivity contribution is 7.80. The molecule has 0 spiro atoms. The molecule has 0 aromatic heterocycles. The van der Waals surface area contributed by atoms with E-state index >= 15 is 0 Å². The van der Waals surface area contributed by atoms with E-state index in [1.807, 2.05) is 0 Å². The highest BCUT2D eigenvalue weighted by Crippen LogP contribution is 2.04. The Morgan fingerprint density at radius 1 is 0.781 bits per heavy atom. The summed E-state index contributed by atoms with van der Waals surface area (Å²) in [5.74, 6) is -5.57. The van der Waals surface area contributed by atoms with Gasteiger partial charge in [-0.15, -0.1) is 0 Å². The Morgan fingerprint density at radius 3 is 1.59 bits per heavy atom. The van der Waals surface area contributed by atoms with Crippen LogP contribution in [0, 0.1) is 5.92 Å². The Hall–Kier alpha value is -2.87. The van der Waals surface area contributed by atoms with E-state index in [-0.39, 0.29) is 37.4 Å². The van der Waals surface area contributed by atoms with E-state index in [1.54, 1.807) is 13.8 Å². The summed E-state index contributed by atoms with van der Waals surface area (Å²) in [5.41, 5.74) is 15.9. The maximum absolute atomic E-state index is 12.7. The number of nitrogens with two attached hydrogens (primary N) is 3. The molecule has 4 unspecified atom stereocenters. The number of carboxylic acids is 1. The number of carbonyl (C=O) groups is 6. The Morgan fingerprint density at radius 2 is 1.19 bits per heavy atom. The first kappa shape index (κ1) is 29.1. The van der Waals surface area contributed by atoms with Gasteiger partial charge in [-0.05, 0) is 18.8 Å². The van der Waals surface area contributed by atoms with Gasteiger partial charge in [0, 0.05) is 18.6 Å². The lowest BCUT2D eigenvalue weighted by Gasteiger charge is -2.25. The molecule has 0 aromatic rings. The summed E-state index contributed by atoms with van der Waals surface area (Å²) in [5, 5.41) is 16.2. The summed E-state index contributed by atoms with van der Waals surface area (Å²) < 4.78 is 0. The van der Waals surface area contributed by atoms with Gasteiger partial charge in [-0.25, -0.2) is 4.79 Å². The maximum atomic E-state index is 12.7. The van der Waals surface area contributed by atoms with Gasteiger partial charge in [0.05, 0.1) is 6.04 Å². The second-order valence-corrected chi connectivity index (χ2v) is 7.85. The van der Waals surface area contributed by atoms with Crippen molar-refractivity contribution in [1.29, 1.82) is 0 Å². The third kappa shape index (κ3) is 10.9. The first-order chi connectivity index (χ1) is 14.8. The zero-order chi connectivity index (χ0) is 25.0. The lowest BCUT2D eigenvalue weighted by Crippen LogP contribution is -2.58. The quantitative estimate of drug-likeness (QED) is 0.113. The molecular formula is C18H32N6O7S. The van der Waals surface area contributed by atoms with Crippen molar-refractivity contribution >= 4 is 48.1 Å². The fourth-order valence-corrected chi connectivity index (χ4v) is 2.67. The molecule has 0 aromatic carbocycles. The fourth-order valence-electron chi connectivity index (χ4n) is 2.41. The molecule has 0 fully saturated rings. The van der Waals surface area contributed by atoms with E-state index in [2.05, 4.69) is 28.6 Å². The first-order valence-corrected chi connectivity index (χ1v) is 10.5. The van der Waals surface area contributed by atoms with Crippen LogP contribution in [0.2, 0.25) is 0 Å². The molecule has 182 valence electrons. The van der Waals surface area contributed by atoms with E-state index in [0.29, 0.717) is 0 Å². The Bertz CT molecular complexity index is 718. The zero-order valence-electron chi connectivity index (χ0n) is 18.0. The number of thiol groups is 1. The van der Waals surface area contributed by atoms with Gasteiger partial charge in [0.2, 0.25) is 29.5 Å². The van der Waals surface area contributed by atoms with Gasteiger partial charge in [-0.2, -0.15) is 12.6 Å². The average Bonchev–Trinajstić information content (AvgIpc) is 2.70. The van der Waals surface area contributed by atoms with Crippen LogP contribution in [0.15, 0.2) is 0 Å². The van der Waals surface area contributed by atoms with Crippen LogP contribution in [0.5, 0.6) is 0 Å². The number of nitrogens with one attached hydrogen (secondary N) is 3. The molecule has 0 aliphatic carbocycles. The average molecular weight is 477 g/mol. The van der Waals surface area contributed by atoms with E-state index in [1.165, 1.54) is 0 Å². The second kappa shape index (κ2) is 14.2. The minimum atomic E-state index is -1.41. The van der Waals surface area contributed by atoms with Crippen LogP contribution in [-0.4, -0.2) is 70.5 Å². The van der Waals surface area contributed by atoms with Crippen molar-refractivity contribution in [3.05, 3.63) is 0 Å². The van der Waals surface area contributed by atoms with Crippen molar-refractivity contribution in [2.75, 3.05) is 5.75 Å². The third-order valence-electron chi connectivity index (χ3n) is 4.44. The number of hydrogen-bond donors (Lipinski definition) is 8. The highest BCUT2D eigenvalue weighted by atomic mass is 32.1. The fraction of sp³-hybridized carbons (Fsp3) is 0.667. The van der Waals surface area contributed by atoms with E-state index in [4.69, 9.17) is 17.2 Å². The third-order valence-corrected chi connectivity index (χ3v) is 4.81. The van der Waals surface area contributed by atoms with E-state index in [0.717, 1.165) is 0 Å². The summed E-state index contributed by atoms with van der Waals surface area (Å²) in [6, 6.07) is -4.82. The molecule has 0 saturated heterocycles. The Balaban J connectivity index is 5.30. The lowest BCUT2D eigenvalue weighted by atomic mass is 10.0. The van der Waals surface area contributed by atoms with Crippen molar-refractivity contribution < 1.29 is 33.9 Å². The molecule has 0 bridgehead atoms. The lowest BCUT2D eigenvalue weighted by molar-refractivity contribution is -0.142. The van der Waals surface area contributed by atoms with E-state index < -0.39 is 59.7 Å². The van der Waals surface area contributed by atoms with E-state index in [9.17, 15) is 33.9 Å². The topological polar surface area (TPSA) is 237 Å². The van der Waals surface area contributed by atoms with Crippen molar-refractivity contribution in [2.45, 2.75) is 63.7 Å². The Labute approximate surface area is 191 Å². The maximum Gasteiger partial charge on any atom is 0.326 e. The molecule has 5 amide bonds. The van der Waals surface area contributed by atoms with Gasteiger partial charge in [0.25, 0.3) is 0 Å². The summed E-state index contributed by atoms with van der Waals surface area (Å²) in [6.07, 6.45) is -0.878. The molecule has 0 heterocycles. The highest BCUT2D eigenvalue weighted by Gasteiger charge is 2.30. The molecular weight excluding hydrogens is 444 g/mol. The summed E-state index contributed by atoms with van der Waals surface area (Å²) in [6.45, 7) is 3.42. The molecule has 0 saturated carbocycles. The molecule has 4 atom stereocenters. The molecule has 14 heteroatoms. The van der Waals surface area contributed by atoms with Crippen molar-refractivity contribution in [2.24, 2.45) is 23.1 Å². The largest absolute Gasteiger partial charge is 0.480 e. The Kier molecular flexibility index (Phi) is 13.0. The monoisotopic (exact) mass is 476 g/mol. The molecule has 0 rings (SSSR count). The predicted molar refractivity (Wildman–Crippen MR) is 117 cm³/mol. The van der Waals surface area contributed by atoms with Crippen molar-refractivity contribution in [3.8, 4) is 0 Å². The standard InChI is InChI=1S/C18H32N6O7S/c1-8(2)14(21)17(29)22-9(3-5-12(19)25)15(27)24-11(7-32)16(28)23-10(18(30)31)4-6-13(20)26/h8-11,14,32H,3-7,21H2,1-2H3,(H2,19,25)(H2,20,26)(H,22,29)(H,23,28)(H,24,27)(H,30,31). The smallest absolute Gasteiger partial charge is 0.326 e. The summed E-state index contributed by atoms with van der Waals surface area (Å²) >= 11 is 3.99. The number of amides is 5. The van der Waals surface area contributed by atoms with Gasteiger partial charge in [-0.1, -0.05) is 13.8 Å². The van der Waals surface area contributed by atoms with Gasteiger partial charge >= 0.3 is 5.97 Å². The molecule has 32 heavy (non-hydrogen) atoms. The number of carboxylic acid groups (broad SMARTS) is 1. The van der Waals surface area contributed by atoms with Crippen molar-refractivity contribution in [1.82, 2.24) is 16.0 Å². The number of hydrogen-bond acceptors (Lipinski definition) is 8. The minimum Gasteiger partial charge on any atom is -0.480 e. The molecule has 0 aliphatic heterocycles. The predicted octanol–water partition coefficient (Wildman–Crippen LogP) is -3.03. The van der Waals surface area contributed by atoms with Crippen molar-refractivity contribution in [3.63, 3.8) is 0 Å². The molecule has 10 N–H and O–H groups in total. The second-order valence-electron chi connectivity index (χ2n) is 7.48. The number of aliphatic carboxylic acids is 1. The van der Waals surface area contributed by atoms with Crippen LogP contribution < -0.4 is 33.2 Å². The summed E-state index contributed by atoms with van der Waals surface area (Å²) in [7, 11) is 0. The number of carbonyl (C=O) groups excluding carboxylic acids is 5. The first-order valence-electron chi connectivity index (χ1n) is 9.87. The number of rotatable bonds is 15. The normalized spacial score (nSPS) is 14.5. The van der Waals surface area contributed by atoms with Gasteiger partial charge in [-0.3, -0.25) is 24.0 Å². The van der Waals surface area contributed by atoms with Gasteiger partial charge in [0.15, 0.2) is 0 Å². The zero-order valence-corrected chi connectivity index (χ0v) is 18.9. The van der Waals surface area contributed by atoms with Gasteiger partial charge in [0.1, 0.15) is 18.1 Å². The van der Waals surface area contributed by atoms with Crippen LogP contribution >= 0.6 is 12.6 Å². The number of primary amides is 2. The van der Waals surface area contributed by atoms with Crippen LogP contribution in [0.4, 0.5) is 0 Å². The van der Waals surface area contributed by atoms with Crippen LogP contribution in [0.3, 0.4) is 0 Å². The van der Waals surface area contributed by atoms with Crippen LogP contribution in [0.1, 0.15) is 39.5 Å². The van der Waals surface area contributed by atoms with Crippen LogP contribution in [0.25, 0.3) is 0 Å². The SMILES string of the molecule is CC(C)C(N)C(=O)NC(CCC(N)=O)C(=O)NC(CS)C(=O)NC(CCC(N)=O)C(=O)O. The minimum absolute atomic E-state index is 0.144.